The molecule has 30 heavy (non-hydrogen) atoms. The summed E-state index contributed by atoms with van der Waals surface area (Å²) in [5.41, 5.74) is 2.33. The highest BCUT2D eigenvalue weighted by atomic mass is 35.5. The van der Waals surface area contributed by atoms with Crippen LogP contribution in [-0.4, -0.2) is 22.4 Å². The highest BCUT2D eigenvalue weighted by Crippen LogP contribution is 2.20. The van der Waals surface area contributed by atoms with E-state index in [0.717, 1.165) is 11.3 Å². The summed E-state index contributed by atoms with van der Waals surface area (Å²) in [4.78, 5) is 30.8. The Morgan fingerprint density at radius 1 is 1.07 bits per heavy atom. The molecule has 0 atom stereocenters. The number of aromatic nitrogens is 2. The molecular weight excluding hydrogens is 400 g/mol. The summed E-state index contributed by atoms with van der Waals surface area (Å²) >= 11 is 6.34. The van der Waals surface area contributed by atoms with Gasteiger partial charge in [-0.2, -0.15) is 0 Å². The van der Waals surface area contributed by atoms with E-state index in [9.17, 15) is 9.59 Å². The first-order chi connectivity index (χ1) is 14.5. The number of carbonyl (C=O) groups excluding carboxylic acids is 1. The normalized spacial score (nSPS) is 10.9. The molecule has 0 unspecified atom stereocenters. The molecule has 0 N–H and O–H groups in total. The Balaban J connectivity index is 1.89. The Hall–Kier alpha value is -3.44. The first kappa shape index (κ1) is 19.9. The molecule has 0 spiro atoms. The number of halogens is 1. The van der Waals surface area contributed by atoms with Crippen LogP contribution in [0.1, 0.15) is 27.2 Å². The molecule has 5 nitrogen and oxygen atoms in total. The van der Waals surface area contributed by atoms with E-state index in [-0.39, 0.29) is 16.8 Å². The van der Waals surface area contributed by atoms with Gasteiger partial charge in [-0.3, -0.25) is 9.59 Å². The molecule has 4 aromatic rings. The number of nitrogens with zero attached hydrogens (tertiary/aromatic N) is 2. The zero-order chi connectivity index (χ0) is 21.3. The molecule has 6 heteroatoms. The van der Waals surface area contributed by atoms with Gasteiger partial charge in [0.15, 0.2) is 5.78 Å². The summed E-state index contributed by atoms with van der Waals surface area (Å²) in [6.45, 7) is 2.25. The van der Waals surface area contributed by atoms with Gasteiger partial charge in [-0.1, -0.05) is 29.8 Å². The molecule has 0 bridgehead atoms. The third-order valence-corrected chi connectivity index (χ3v) is 5.32. The van der Waals surface area contributed by atoms with Gasteiger partial charge in [-0.25, -0.2) is 4.98 Å². The number of ether oxygens (including phenoxy) is 1. The lowest BCUT2D eigenvalue weighted by Crippen LogP contribution is -2.21. The van der Waals surface area contributed by atoms with Crippen molar-refractivity contribution in [3.05, 3.63) is 104 Å². The first-order valence-electron chi connectivity index (χ1n) is 9.41. The van der Waals surface area contributed by atoms with Gasteiger partial charge in [0.25, 0.3) is 0 Å². The van der Waals surface area contributed by atoms with E-state index in [0.29, 0.717) is 33.9 Å². The zero-order valence-electron chi connectivity index (χ0n) is 16.6. The molecule has 0 saturated heterocycles. The van der Waals surface area contributed by atoms with Crippen LogP contribution in [0.25, 0.3) is 11.0 Å². The van der Waals surface area contributed by atoms with Crippen molar-refractivity contribution >= 4 is 28.4 Å². The van der Waals surface area contributed by atoms with Crippen LogP contribution in [-0.2, 0) is 6.54 Å². The van der Waals surface area contributed by atoms with Crippen molar-refractivity contribution in [2.75, 3.05) is 7.11 Å². The number of ketones is 1. The Labute approximate surface area is 178 Å². The molecule has 0 radical (unpaired) electrons. The Kier molecular flexibility index (Phi) is 5.38. The standard InChI is InChI=1S/C24H19ClN2O3/c1-15-7-12-19-23(29)20(22(28)16-8-10-18(30-2)11-9-16)14-27(24(19)26-15)13-17-5-3-4-6-21(17)25/h3-12,14H,13H2,1-2H3. The molecule has 0 saturated carbocycles. The first-order valence-corrected chi connectivity index (χ1v) is 9.78. The third kappa shape index (κ3) is 3.72. The largest absolute Gasteiger partial charge is 0.497 e. The molecular formula is C24H19ClN2O3. The van der Waals surface area contributed by atoms with Crippen molar-refractivity contribution in [1.82, 2.24) is 9.55 Å². The number of hydrogen-bond donors (Lipinski definition) is 0. The Bertz CT molecular complexity index is 1310. The van der Waals surface area contributed by atoms with Gasteiger partial charge < -0.3 is 9.30 Å². The topological polar surface area (TPSA) is 61.2 Å². The summed E-state index contributed by atoms with van der Waals surface area (Å²) in [5.74, 6) is 0.291. The Morgan fingerprint density at radius 2 is 1.80 bits per heavy atom. The maximum atomic E-state index is 13.1. The van der Waals surface area contributed by atoms with E-state index in [4.69, 9.17) is 16.3 Å². The van der Waals surface area contributed by atoms with Gasteiger partial charge in [0, 0.05) is 22.5 Å². The van der Waals surface area contributed by atoms with Crippen molar-refractivity contribution in [3.63, 3.8) is 0 Å². The summed E-state index contributed by atoms with van der Waals surface area (Å²) in [6, 6.07) is 17.6. The van der Waals surface area contributed by atoms with Crippen LogP contribution >= 0.6 is 11.6 Å². The predicted octanol–water partition coefficient (Wildman–Crippen LogP) is 4.65. The van der Waals surface area contributed by atoms with E-state index < -0.39 is 0 Å². The summed E-state index contributed by atoms with van der Waals surface area (Å²) in [7, 11) is 1.56. The van der Waals surface area contributed by atoms with Gasteiger partial charge in [-0.15, -0.1) is 0 Å². The molecule has 0 aliphatic heterocycles. The minimum absolute atomic E-state index is 0.0883. The number of benzene rings is 2. The summed E-state index contributed by atoms with van der Waals surface area (Å²) in [5, 5.41) is 1.01. The molecule has 4 rings (SSSR count). The van der Waals surface area contributed by atoms with E-state index >= 15 is 0 Å². The minimum Gasteiger partial charge on any atom is -0.497 e. The van der Waals surface area contributed by atoms with Crippen molar-refractivity contribution in [3.8, 4) is 5.75 Å². The monoisotopic (exact) mass is 418 g/mol. The van der Waals surface area contributed by atoms with E-state index in [1.807, 2.05) is 35.8 Å². The maximum Gasteiger partial charge on any atom is 0.202 e. The second-order valence-electron chi connectivity index (χ2n) is 6.97. The fourth-order valence-electron chi connectivity index (χ4n) is 3.35. The van der Waals surface area contributed by atoms with Gasteiger partial charge in [0.05, 0.1) is 24.6 Å². The fourth-order valence-corrected chi connectivity index (χ4v) is 3.55. The number of rotatable bonds is 5. The van der Waals surface area contributed by atoms with E-state index in [2.05, 4.69) is 4.98 Å². The van der Waals surface area contributed by atoms with Crippen molar-refractivity contribution in [1.29, 1.82) is 0 Å². The molecule has 0 amide bonds. The summed E-state index contributed by atoms with van der Waals surface area (Å²) in [6.07, 6.45) is 1.58. The number of fused-ring (bicyclic) bond motifs is 1. The SMILES string of the molecule is COc1ccc(C(=O)c2cn(Cc3ccccc3Cl)c3nc(C)ccc3c2=O)cc1. The molecule has 2 aromatic carbocycles. The van der Waals surface area contributed by atoms with Crippen LogP contribution in [0.2, 0.25) is 5.02 Å². The number of carbonyl (C=O) groups is 1. The second-order valence-corrected chi connectivity index (χ2v) is 7.38. The van der Waals surface area contributed by atoms with Crippen molar-refractivity contribution in [2.45, 2.75) is 13.5 Å². The fraction of sp³-hybridized carbons (Fsp3) is 0.125. The zero-order valence-corrected chi connectivity index (χ0v) is 17.3. The molecule has 2 heterocycles. The van der Waals surface area contributed by atoms with E-state index in [1.165, 1.54) is 0 Å². The number of methoxy groups -OCH3 is 1. The van der Waals surface area contributed by atoms with Crippen LogP contribution in [0.4, 0.5) is 0 Å². The van der Waals surface area contributed by atoms with Gasteiger partial charge in [0.1, 0.15) is 11.4 Å². The quantitative estimate of drug-likeness (QED) is 0.443. The molecule has 0 aliphatic rings. The van der Waals surface area contributed by atoms with Crippen LogP contribution < -0.4 is 10.2 Å². The van der Waals surface area contributed by atoms with Crippen molar-refractivity contribution < 1.29 is 9.53 Å². The summed E-state index contributed by atoms with van der Waals surface area (Å²) < 4.78 is 6.95. The number of pyridine rings is 2. The highest BCUT2D eigenvalue weighted by Gasteiger charge is 2.18. The molecule has 2 aromatic heterocycles. The molecule has 150 valence electrons. The van der Waals surface area contributed by atoms with Crippen LogP contribution in [0, 0.1) is 6.92 Å². The average molecular weight is 419 g/mol. The molecule has 0 aliphatic carbocycles. The molecule has 0 fully saturated rings. The van der Waals surface area contributed by atoms with Crippen LogP contribution in [0.15, 0.2) is 71.7 Å². The smallest absolute Gasteiger partial charge is 0.202 e. The lowest BCUT2D eigenvalue weighted by atomic mass is 10.0. The third-order valence-electron chi connectivity index (χ3n) is 4.96. The van der Waals surface area contributed by atoms with Crippen LogP contribution in [0.3, 0.4) is 0 Å². The predicted molar refractivity (Wildman–Crippen MR) is 118 cm³/mol. The highest BCUT2D eigenvalue weighted by molar-refractivity contribution is 6.31. The van der Waals surface area contributed by atoms with Crippen LogP contribution in [0.5, 0.6) is 5.75 Å². The van der Waals surface area contributed by atoms with Gasteiger partial charge >= 0.3 is 0 Å². The number of hydrogen-bond acceptors (Lipinski definition) is 4. The second kappa shape index (κ2) is 8.13. The van der Waals surface area contributed by atoms with Crippen molar-refractivity contribution in [2.24, 2.45) is 0 Å². The lowest BCUT2D eigenvalue weighted by Gasteiger charge is -2.14. The maximum absolute atomic E-state index is 13.1. The van der Waals surface area contributed by atoms with Gasteiger partial charge in [-0.05, 0) is 55.0 Å². The lowest BCUT2D eigenvalue weighted by molar-refractivity contribution is 0.103. The van der Waals surface area contributed by atoms with Gasteiger partial charge in [0.2, 0.25) is 5.43 Å². The Morgan fingerprint density at radius 3 is 2.50 bits per heavy atom. The van der Waals surface area contributed by atoms with E-state index in [1.54, 1.807) is 49.7 Å². The minimum atomic E-state index is -0.349. The number of aryl methyl sites for hydroxylation is 1. The average Bonchev–Trinajstić information content (AvgIpc) is 2.76.